The molecule has 0 unspecified atom stereocenters. The first-order valence-corrected chi connectivity index (χ1v) is 7.60. The standard InChI is InChI=1S/C15H13ClN6O3/c1-9-3-2-4-10(7-9)8-21-6-5-11(20-21)17-15(23)13-12(16)14(19-18-13)22(24)25/h2-7H,8H2,1H3,(H,18,19)(H,17,20,23). The smallest absolute Gasteiger partial charge is 0.358 e. The van der Waals surface area contributed by atoms with E-state index in [1.54, 1.807) is 16.9 Å². The van der Waals surface area contributed by atoms with Gasteiger partial charge in [-0.25, -0.2) is 0 Å². The lowest BCUT2D eigenvalue weighted by molar-refractivity contribution is -0.389. The van der Waals surface area contributed by atoms with E-state index in [1.807, 2.05) is 31.2 Å². The third kappa shape index (κ3) is 3.66. The topological polar surface area (TPSA) is 119 Å². The highest BCUT2D eigenvalue weighted by molar-refractivity contribution is 6.35. The van der Waals surface area contributed by atoms with Crippen LogP contribution in [0, 0.1) is 17.0 Å². The molecule has 1 amide bonds. The maximum absolute atomic E-state index is 12.1. The third-order valence-electron chi connectivity index (χ3n) is 3.40. The van der Waals surface area contributed by atoms with Crippen LogP contribution in [0.1, 0.15) is 21.6 Å². The highest BCUT2D eigenvalue weighted by Gasteiger charge is 2.25. The molecule has 2 aromatic heterocycles. The van der Waals surface area contributed by atoms with Crippen LogP contribution in [0.25, 0.3) is 0 Å². The summed E-state index contributed by atoms with van der Waals surface area (Å²) in [5.74, 6) is -0.925. The van der Waals surface area contributed by atoms with Crippen LogP contribution in [-0.2, 0) is 6.54 Å². The number of nitrogens with zero attached hydrogens (tertiary/aromatic N) is 4. The lowest BCUT2D eigenvalue weighted by Crippen LogP contribution is -2.14. The highest BCUT2D eigenvalue weighted by Crippen LogP contribution is 2.25. The van der Waals surface area contributed by atoms with E-state index in [4.69, 9.17) is 11.6 Å². The van der Waals surface area contributed by atoms with Crippen LogP contribution in [0.2, 0.25) is 5.02 Å². The van der Waals surface area contributed by atoms with Crippen molar-refractivity contribution in [3.8, 4) is 0 Å². The lowest BCUT2D eigenvalue weighted by Gasteiger charge is -2.03. The molecule has 3 aromatic rings. The van der Waals surface area contributed by atoms with Crippen molar-refractivity contribution >= 4 is 29.1 Å². The Kier molecular flexibility index (Phi) is 4.48. The molecule has 9 nitrogen and oxygen atoms in total. The van der Waals surface area contributed by atoms with Gasteiger partial charge in [-0.15, -0.1) is 5.10 Å². The summed E-state index contributed by atoms with van der Waals surface area (Å²) < 4.78 is 1.67. The van der Waals surface area contributed by atoms with Crippen LogP contribution in [0.15, 0.2) is 36.5 Å². The molecule has 2 heterocycles. The van der Waals surface area contributed by atoms with Crippen LogP contribution in [0.5, 0.6) is 0 Å². The highest BCUT2D eigenvalue weighted by atomic mass is 35.5. The number of nitrogens with one attached hydrogen (secondary N) is 2. The Hall–Kier alpha value is -3.20. The Labute approximate surface area is 146 Å². The van der Waals surface area contributed by atoms with Gasteiger partial charge >= 0.3 is 5.82 Å². The van der Waals surface area contributed by atoms with Crippen LogP contribution in [-0.4, -0.2) is 30.8 Å². The van der Waals surface area contributed by atoms with Gasteiger partial charge in [-0.05, 0) is 17.4 Å². The maximum atomic E-state index is 12.1. The Morgan fingerprint density at radius 3 is 2.92 bits per heavy atom. The molecule has 0 aliphatic heterocycles. The lowest BCUT2D eigenvalue weighted by atomic mass is 10.1. The molecule has 10 heteroatoms. The largest absolute Gasteiger partial charge is 0.362 e. The third-order valence-corrected chi connectivity index (χ3v) is 3.75. The van der Waals surface area contributed by atoms with Gasteiger partial charge < -0.3 is 15.4 Å². The second-order valence-electron chi connectivity index (χ2n) is 5.33. The van der Waals surface area contributed by atoms with E-state index < -0.39 is 16.6 Å². The van der Waals surface area contributed by atoms with E-state index in [1.165, 1.54) is 0 Å². The molecule has 2 N–H and O–H groups in total. The number of anilines is 1. The van der Waals surface area contributed by atoms with E-state index >= 15 is 0 Å². The summed E-state index contributed by atoms with van der Waals surface area (Å²) in [6.45, 7) is 2.55. The summed E-state index contributed by atoms with van der Waals surface area (Å²) in [4.78, 5) is 22.1. The fraction of sp³-hybridized carbons (Fsp3) is 0.133. The molecule has 0 aliphatic rings. The first-order valence-electron chi connectivity index (χ1n) is 7.22. The van der Waals surface area contributed by atoms with Crippen LogP contribution in [0.3, 0.4) is 0 Å². The number of carbonyl (C=O) groups excluding carboxylic acids is 1. The van der Waals surface area contributed by atoms with Gasteiger partial charge in [-0.1, -0.05) is 46.5 Å². The van der Waals surface area contributed by atoms with Crippen molar-refractivity contribution in [2.75, 3.05) is 5.32 Å². The second-order valence-corrected chi connectivity index (χ2v) is 5.71. The van der Waals surface area contributed by atoms with Gasteiger partial charge in [0.1, 0.15) is 0 Å². The van der Waals surface area contributed by atoms with Gasteiger partial charge in [0.15, 0.2) is 16.5 Å². The Bertz CT molecular complexity index is 948. The molecule has 0 saturated carbocycles. The number of benzene rings is 1. The molecule has 0 atom stereocenters. The number of nitro groups is 1. The molecule has 0 aliphatic carbocycles. The number of carbonyl (C=O) groups is 1. The van der Waals surface area contributed by atoms with Gasteiger partial charge in [0.05, 0.1) is 6.54 Å². The van der Waals surface area contributed by atoms with Crippen LogP contribution >= 0.6 is 11.6 Å². The van der Waals surface area contributed by atoms with Gasteiger partial charge in [-0.2, -0.15) is 5.10 Å². The maximum Gasteiger partial charge on any atom is 0.362 e. The number of hydrogen-bond acceptors (Lipinski definition) is 5. The van der Waals surface area contributed by atoms with E-state index in [-0.39, 0.29) is 10.7 Å². The number of hydrogen-bond donors (Lipinski definition) is 2. The van der Waals surface area contributed by atoms with Crippen molar-refractivity contribution in [1.29, 1.82) is 0 Å². The summed E-state index contributed by atoms with van der Waals surface area (Å²) in [6, 6.07) is 9.61. The fourth-order valence-corrected chi connectivity index (χ4v) is 2.52. The number of rotatable bonds is 5. The number of H-pyrrole nitrogens is 1. The SMILES string of the molecule is Cc1cccc(Cn2ccc(NC(=O)c3n[nH]c([N+](=O)[O-])c3Cl)n2)c1. The summed E-state index contributed by atoms with van der Waals surface area (Å²) in [5, 5.41) is 22.8. The minimum absolute atomic E-state index is 0.262. The summed E-state index contributed by atoms with van der Waals surface area (Å²) >= 11 is 5.79. The van der Waals surface area contributed by atoms with Crippen molar-refractivity contribution in [2.45, 2.75) is 13.5 Å². The Balaban J connectivity index is 1.71. The Morgan fingerprint density at radius 2 is 2.24 bits per heavy atom. The molecule has 1 aromatic carbocycles. The number of aryl methyl sites for hydroxylation is 1. The minimum Gasteiger partial charge on any atom is -0.358 e. The molecule has 0 radical (unpaired) electrons. The minimum atomic E-state index is -0.747. The number of aromatic amines is 1. The zero-order chi connectivity index (χ0) is 18.0. The van der Waals surface area contributed by atoms with Crippen molar-refractivity contribution in [1.82, 2.24) is 20.0 Å². The first-order chi connectivity index (χ1) is 11.9. The van der Waals surface area contributed by atoms with Crippen molar-refractivity contribution < 1.29 is 9.72 Å². The molecule has 3 rings (SSSR count). The van der Waals surface area contributed by atoms with E-state index in [0.29, 0.717) is 12.4 Å². The molecule has 0 spiro atoms. The fourth-order valence-electron chi connectivity index (χ4n) is 2.28. The molecule has 0 saturated heterocycles. The van der Waals surface area contributed by atoms with Crippen LogP contribution < -0.4 is 5.32 Å². The van der Waals surface area contributed by atoms with Gasteiger partial charge in [-0.3, -0.25) is 9.48 Å². The zero-order valence-corrected chi connectivity index (χ0v) is 13.8. The first kappa shape index (κ1) is 16.7. The summed E-state index contributed by atoms with van der Waals surface area (Å²) in [5.41, 5.74) is 1.96. The normalized spacial score (nSPS) is 10.6. The van der Waals surface area contributed by atoms with E-state index in [2.05, 4.69) is 20.6 Å². The van der Waals surface area contributed by atoms with Gasteiger partial charge in [0.2, 0.25) is 0 Å². The second kappa shape index (κ2) is 6.73. The molecule has 25 heavy (non-hydrogen) atoms. The molecular formula is C15H13ClN6O3. The summed E-state index contributed by atoms with van der Waals surface area (Å²) in [7, 11) is 0. The van der Waals surface area contributed by atoms with E-state index in [9.17, 15) is 14.9 Å². The van der Waals surface area contributed by atoms with E-state index in [0.717, 1.165) is 11.1 Å². The monoisotopic (exact) mass is 360 g/mol. The number of aromatic nitrogens is 4. The van der Waals surface area contributed by atoms with Gasteiger partial charge in [0, 0.05) is 12.3 Å². The molecule has 128 valence electrons. The van der Waals surface area contributed by atoms with Crippen molar-refractivity contribution in [3.63, 3.8) is 0 Å². The summed E-state index contributed by atoms with van der Waals surface area (Å²) in [6.07, 6.45) is 1.71. The van der Waals surface area contributed by atoms with Crippen molar-refractivity contribution in [3.05, 3.63) is 68.5 Å². The Morgan fingerprint density at radius 1 is 1.44 bits per heavy atom. The van der Waals surface area contributed by atoms with Crippen LogP contribution in [0.4, 0.5) is 11.6 Å². The molecule has 0 fully saturated rings. The molecule has 0 bridgehead atoms. The average molecular weight is 361 g/mol. The number of halogens is 1. The zero-order valence-electron chi connectivity index (χ0n) is 13.1. The number of amides is 1. The predicted octanol–water partition coefficient (Wildman–Crippen LogP) is 2.78. The van der Waals surface area contributed by atoms with Gasteiger partial charge in [0.25, 0.3) is 5.91 Å². The quantitative estimate of drug-likeness (QED) is 0.535. The average Bonchev–Trinajstić information content (AvgIpc) is 3.14. The van der Waals surface area contributed by atoms with Crippen molar-refractivity contribution in [2.24, 2.45) is 0 Å². The predicted molar refractivity (Wildman–Crippen MR) is 90.7 cm³/mol. The molecular weight excluding hydrogens is 348 g/mol.